The van der Waals surface area contributed by atoms with Crippen LogP contribution in [-0.2, 0) is 19.0 Å². The Kier molecular flexibility index (Phi) is 5.65. The second kappa shape index (κ2) is 7.83. The number of rotatable bonds is 3. The minimum atomic E-state index is -1.64. The summed E-state index contributed by atoms with van der Waals surface area (Å²) in [6.07, 6.45) is -8.25. The van der Waals surface area contributed by atoms with Crippen LogP contribution in [0.4, 0.5) is 0 Å². The van der Waals surface area contributed by atoms with E-state index < -0.39 is 61.6 Å². The monoisotopic (exact) mass is 424 g/mol. The van der Waals surface area contributed by atoms with Gasteiger partial charge in [-0.15, -0.1) is 0 Å². The summed E-state index contributed by atoms with van der Waals surface area (Å²) < 4.78 is 16.8. The van der Waals surface area contributed by atoms with E-state index in [9.17, 15) is 30.3 Å². The van der Waals surface area contributed by atoms with Gasteiger partial charge in [-0.3, -0.25) is 0 Å². The maximum Gasteiger partial charge on any atom is 0.334 e. The summed E-state index contributed by atoms with van der Waals surface area (Å²) in [4.78, 5) is 12.1. The molecule has 0 unspecified atom stereocenters. The van der Waals surface area contributed by atoms with Crippen molar-refractivity contribution in [1.29, 1.82) is 0 Å². The normalized spacial score (nSPS) is 48.9. The molecule has 2 saturated heterocycles. The summed E-state index contributed by atoms with van der Waals surface area (Å²) in [5.41, 5.74) is 1.52. The number of hydrogen-bond donors (Lipinski definition) is 5. The number of ether oxygens (including phenoxy) is 3. The highest BCUT2D eigenvalue weighted by atomic mass is 16.7. The fraction of sp³-hybridized carbons (Fsp3) is 0.667. The minimum absolute atomic E-state index is 0.268. The lowest BCUT2D eigenvalue weighted by molar-refractivity contribution is -0.298. The van der Waals surface area contributed by atoms with Crippen LogP contribution in [-0.4, -0.2) is 87.1 Å². The molecule has 166 valence electrons. The van der Waals surface area contributed by atoms with Crippen LogP contribution in [0.15, 0.2) is 36.5 Å². The Hall–Kier alpha value is -1.59. The van der Waals surface area contributed by atoms with E-state index in [1.807, 2.05) is 0 Å². The molecule has 4 aliphatic rings. The standard InChI is InChI=1S/C21H28O9/c1-7-10-5-13(28-19-14(6-22)29-21(27)17(25)16(19)24)9(3)15(10)18-11(4-12(7)23)8(2)20(26)30-18/h10-19,21-25,27H,1-6H2/t10-,11-,12-,13-,14-,15-,16+,17+,18-,19+,21-/m0/s1. The zero-order valence-electron chi connectivity index (χ0n) is 16.5. The highest BCUT2D eigenvalue weighted by Crippen LogP contribution is 2.53. The molecule has 9 nitrogen and oxygen atoms in total. The third-order valence-electron chi connectivity index (χ3n) is 6.99. The highest BCUT2D eigenvalue weighted by Gasteiger charge is 2.56. The number of fused-ring (bicyclic) bond motifs is 3. The lowest BCUT2D eigenvalue weighted by Gasteiger charge is -2.41. The molecular formula is C21H28O9. The maximum atomic E-state index is 12.1. The van der Waals surface area contributed by atoms with Crippen molar-refractivity contribution in [2.75, 3.05) is 6.61 Å². The molecular weight excluding hydrogens is 396 g/mol. The summed E-state index contributed by atoms with van der Waals surface area (Å²) in [5, 5.41) is 50.2. The Morgan fingerprint density at radius 2 is 1.70 bits per heavy atom. The number of hydrogen-bond acceptors (Lipinski definition) is 9. The first-order valence-corrected chi connectivity index (χ1v) is 10.1. The summed E-state index contributed by atoms with van der Waals surface area (Å²) in [6.45, 7) is 11.5. The molecule has 4 rings (SSSR count). The number of aliphatic hydroxyl groups excluding tert-OH is 5. The topological polar surface area (TPSA) is 146 Å². The fourth-order valence-corrected chi connectivity index (χ4v) is 5.26. The molecule has 11 atom stereocenters. The summed E-state index contributed by atoms with van der Waals surface area (Å²) in [5.74, 6) is -1.47. The van der Waals surface area contributed by atoms with Crippen molar-refractivity contribution < 1.29 is 44.5 Å². The number of carbonyl (C=O) groups excluding carboxylic acids is 1. The zero-order chi connectivity index (χ0) is 21.9. The molecule has 4 fully saturated rings. The molecule has 2 aliphatic heterocycles. The van der Waals surface area contributed by atoms with Gasteiger partial charge in [0.1, 0.15) is 30.5 Å². The highest BCUT2D eigenvalue weighted by molar-refractivity contribution is 5.91. The van der Waals surface area contributed by atoms with Crippen LogP contribution in [0.5, 0.6) is 0 Å². The molecule has 2 heterocycles. The summed E-state index contributed by atoms with van der Waals surface area (Å²) in [7, 11) is 0. The first-order valence-electron chi connectivity index (χ1n) is 10.1. The number of aliphatic hydroxyl groups is 5. The third kappa shape index (κ3) is 3.25. The van der Waals surface area contributed by atoms with Gasteiger partial charge in [-0.1, -0.05) is 19.7 Å². The predicted molar refractivity (Wildman–Crippen MR) is 102 cm³/mol. The molecule has 0 radical (unpaired) electrons. The molecule has 0 aromatic heterocycles. The lowest BCUT2D eigenvalue weighted by Crippen LogP contribution is -2.60. The van der Waals surface area contributed by atoms with Crippen molar-refractivity contribution in [3.63, 3.8) is 0 Å². The summed E-state index contributed by atoms with van der Waals surface area (Å²) in [6, 6.07) is 0. The predicted octanol–water partition coefficient (Wildman–Crippen LogP) is -1.22. The van der Waals surface area contributed by atoms with Gasteiger partial charge in [-0.05, 0) is 29.9 Å². The third-order valence-corrected chi connectivity index (χ3v) is 6.99. The van der Waals surface area contributed by atoms with Gasteiger partial charge in [0.2, 0.25) is 0 Å². The second-order valence-electron chi connectivity index (χ2n) is 8.59. The van der Waals surface area contributed by atoms with Gasteiger partial charge in [-0.25, -0.2) is 4.79 Å². The maximum absolute atomic E-state index is 12.1. The lowest BCUT2D eigenvalue weighted by atomic mass is 9.82. The molecule has 5 N–H and O–H groups in total. The van der Waals surface area contributed by atoms with Crippen LogP contribution < -0.4 is 0 Å². The van der Waals surface area contributed by atoms with Crippen LogP contribution >= 0.6 is 0 Å². The average molecular weight is 424 g/mol. The van der Waals surface area contributed by atoms with Gasteiger partial charge in [0.15, 0.2) is 6.29 Å². The molecule has 0 aromatic carbocycles. The molecule has 2 aliphatic carbocycles. The van der Waals surface area contributed by atoms with E-state index in [0.29, 0.717) is 29.6 Å². The van der Waals surface area contributed by atoms with Crippen molar-refractivity contribution in [3.05, 3.63) is 36.5 Å². The second-order valence-corrected chi connectivity index (χ2v) is 8.59. The Bertz CT molecular complexity index is 762. The smallest absolute Gasteiger partial charge is 0.334 e. The Labute approximate surface area is 173 Å². The molecule has 0 amide bonds. The quantitative estimate of drug-likeness (QED) is 0.214. The van der Waals surface area contributed by atoms with Crippen molar-refractivity contribution in [2.45, 2.75) is 61.9 Å². The molecule has 0 bridgehead atoms. The summed E-state index contributed by atoms with van der Waals surface area (Å²) >= 11 is 0. The van der Waals surface area contributed by atoms with E-state index in [1.165, 1.54) is 0 Å². The molecule has 9 heteroatoms. The van der Waals surface area contributed by atoms with E-state index in [2.05, 4.69) is 19.7 Å². The van der Waals surface area contributed by atoms with Gasteiger partial charge in [0.25, 0.3) is 0 Å². The molecule has 0 aromatic rings. The molecule has 2 saturated carbocycles. The van der Waals surface area contributed by atoms with E-state index in [1.54, 1.807) is 0 Å². The van der Waals surface area contributed by atoms with Crippen molar-refractivity contribution in [2.24, 2.45) is 17.8 Å². The van der Waals surface area contributed by atoms with Crippen molar-refractivity contribution >= 4 is 5.97 Å². The van der Waals surface area contributed by atoms with Gasteiger partial charge in [0, 0.05) is 17.4 Å². The van der Waals surface area contributed by atoms with E-state index >= 15 is 0 Å². The first kappa shape index (κ1) is 21.6. The van der Waals surface area contributed by atoms with E-state index in [4.69, 9.17) is 14.2 Å². The van der Waals surface area contributed by atoms with Crippen LogP contribution in [0, 0.1) is 17.8 Å². The Morgan fingerprint density at radius 1 is 1.00 bits per heavy atom. The largest absolute Gasteiger partial charge is 0.458 e. The SMILES string of the molecule is C=C1[C@@H]2[C@H]3OC(=O)C(=C)[C@@H]3C[C@H](O)C(=C)[C@@H]2C[C@@H]1O[C@H]1[C@H](O)[C@@H](O)[C@@H](O)O[C@H]1CO. The molecule has 30 heavy (non-hydrogen) atoms. The Morgan fingerprint density at radius 3 is 2.37 bits per heavy atom. The van der Waals surface area contributed by atoms with Gasteiger partial charge in [-0.2, -0.15) is 0 Å². The fourth-order valence-electron chi connectivity index (χ4n) is 5.26. The molecule has 0 spiro atoms. The number of esters is 1. The minimum Gasteiger partial charge on any atom is -0.458 e. The Balaban J connectivity index is 1.59. The van der Waals surface area contributed by atoms with Gasteiger partial charge in [0.05, 0.1) is 18.8 Å². The van der Waals surface area contributed by atoms with E-state index in [-0.39, 0.29) is 17.8 Å². The van der Waals surface area contributed by atoms with Crippen LogP contribution in [0.2, 0.25) is 0 Å². The van der Waals surface area contributed by atoms with Gasteiger partial charge >= 0.3 is 5.97 Å². The number of carbonyl (C=O) groups is 1. The van der Waals surface area contributed by atoms with Gasteiger partial charge < -0.3 is 39.7 Å². The van der Waals surface area contributed by atoms with Crippen molar-refractivity contribution in [1.82, 2.24) is 0 Å². The van der Waals surface area contributed by atoms with E-state index in [0.717, 1.165) is 0 Å². The average Bonchev–Trinajstić information content (AvgIpc) is 3.14. The zero-order valence-corrected chi connectivity index (χ0v) is 16.5. The van der Waals surface area contributed by atoms with Crippen LogP contribution in [0.25, 0.3) is 0 Å². The van der Waals surface area contributed by atoms with Crippen LogP contribution in [0.1, 0.15) is 12.8 Å². The van der Waals surface area contributed by atoms with Crippen molar-refractivity contribution in [3.8, 4) is 0 Å². The first-order chi connectivity index (χ1) is 14.1. The van der Waals surface area contributed by atoms with Crippen LogP contribution in [0.3, 0.4) is 0 Å².